The molecule has 2 aromatic carbocycles. The molecule has 2 aliphatic rings. The molecule has 2 fully saturated rings. The normalized spacial score (nSPS) is 18.1. The number of nitrogens with zero attached hydrogens (tertiary/aromatic N) is 2. The molecule has 2 saturated heterocycles. The topological polar surface area (TPSA) is 15.7 Å². The molecule has 0 atom stereocenters. The molecule has 2 heterocycles. The van der Waals surface area contributed by atoms with Crippen molar-refractivity contribution in [2.75, 3.05) is 36.0 Å². The van der Waals surface area contributed by atoms with E-state index in [1.165, 1.54) is 0 Å². The summed E-state index contributed by atoms with van der Waals surface area (Å²) in [5.41, 5.74) is 1.87. The number of rotatable bonds is 4. The Kier molecular flexibility index (Phi) is 4.62. The van der Waals surface area contributed by atoms with Gasteiger partial charge < -0.3 is 14.5 Å². The van der Waals surface area contributed by atoms with Gasteiger partial charge in [-0.15, -0.1) is 0 Å². The van der Waals surface area contributed by atoms with E-state index in [-0.39, 0.29) is 0 Å². The van der Waals surface area contributed by atoms with Crippen LogP contribution in [0.15, 0.2) is 45.3 Å². The predicted molar refractivity (Wildman–Crippen MR) is 103 cm³/mol. The Labute approximate surface area is 161 Å². The van der Waals surface area contributed by atoms with Crippen molar-refractivity contribution < 1.29 is 13.5 Å². The first-order valence-corrected chi connectivity index (χ1v) is 9.63. The van der Waals surface area contributed by atoms with E-state index in [1.807, 2.05) is 46.2 Å². The Morgan fingerprint density at radius 1 is 0.760 bits per heavy atom. The number of halogens is 4. The van der Waals surface area contributed by atoms with Crippen LogP contribution in [0.1, 0.15) is 0 Å². The van der Waals surface area contributed by atoms with E-state index in [9.17, 15) is 8.78 Å². The quantitative estimate of drug-likeness (QED) is 0.597. The number of alkyl halides is 2. The average Bonchev–Trinajstić information content (AvgIpc) is 2.53. The second-order valence-corrected chi connectivity index (χ2v) is 8.04. The van der Waals surface area contributed by atoms with Gasteiger partial charge in [-0.1, -0.05) is 0 Å². The van der Waals surface area contributed by atoms with Crippen molar-refractivity contribution in [3.05, 3.63) is 45.3 Å². The van der Waals surface area contributed by atoms with E-state index in [2.05, 4.69) is 31.9 Å². The van der Waals surface area contributed by atoms with Crippen LogP contribution in [-0.4, -0.2) is 38.5 Å². The van der Waals surface area contributed by atoms with Gasteiger partial charge in [-0.25, -0.2) is 8.78 Å². The molecular weight excluding hydrogens is 458 g/mol. The zero-order valence-electron chi connectivity index (χ0n) is 13.3. The van der Waals surface area contributed by atoms with Gasteiger partial charge in [0.2, 0.25) is 0 Å². The predicted octanol–water partition coefficient (Wildman–Crippen LogP) is 5.32. The van der Waals surface area contributed by atoms with Gasteiger partial charge in [-0.3, -0.25) is 0 Å². The molecule has 4 rings (SSSR count). The summed E-state index contributed by atoms with van der Waals surface area (Å²) in [4.78, 5) is 3.94. The summed E-state index contributed by atoms with van der Waals surface area (Å²) in [6.45, 7) is 1.67. The van der Waals surface area contributed by atoms with Crippen molar-refractivity contribution in [3.8, 4) is 11.5 Å². The van der Waals surface area contributed by atoms with E-state index in [0.717, 1.165) is 20.3 Å². The minimum atomic E-state index is -0.755. The molecule has 132 valence electrons. The maximum atomic E-state index is 13.1. The third-order valence-electron chi connectivity index (χ3n) is 4.45. The lowest BCUT2D eigenvalue weighted by atomic mass is 10.1. The average molecular weight is 474 g/mol. The molecule has 0 saturated carbocycles. The smallest absolute Gasteiger partial charge is 0.143 e. The maximum Gasteiger partial charge on any atom is 0.143 e. The van der Waals surface area contributed by atoms with Crippen LogP contribution in [0.3, 0.4) is 0 Å². The summed E-state index contributed by atoms with van der Waals surface area (Å²) >= 11 is 7.00. The summed E-state index contributed by atoms with van der Waals surface area (Å²) in [5.74, 6) is 1.31. The minimum Gasteiger partial charge on any atom is -0.455 e. The van der Waals surface area contributed by atoms with Crippen molar-refractivity contribution >= 4 is 43.2 Å². The fraction of sp³-hybridized carbons (Fsp3) is 0.333. The number of hydrogen-bond acceptors (Lipinski definition) is 3. The van der Waals surface area contributed by atoms with E-state index in [0.29, 0.717) is 37.7 Å². The molecule has 0 aliphatic carbocycles. The van der Waals surface area contributed by atoms with Crippen molar-refractivity contribution in [3.63, 3.8) is 0 Å². The van der Waals surface area contributed by atoms with Crippen LogP contribution in [-0.2, 0) is 0 Å². The van der Waals surface area contributed by atoms with Gasteiger partial charge in [0, 0.05) is 23.5 Å². The van der Waals surface area contributed by atoms with Crippen LogP contribution < -0.4 is 14.5 Å². The van der Waals surface area contributed by atoms with Crippen LogP contribution in [0.2, 0.25) is 0 Å². The van der Waals surface area contributed by atoms with Crippen LogP contribution in [0, 0.1) is 0 Å². The molecule has 0 N–H and O–H groups in total. The highest BCUT2D eigenvalue weighted by atomic mass is 79.9. The van der Waals surface area contributed by atoms with Gasteiger partial charge in [0.15, 0.2) is 0 Å². The Bertz CT molecular complexity index is 727. The van der Waals surface area contributed by atoms with E-state index in [1.54, 1.807) is 0 Å². The highest BCUT2D eigenvalue weighted by Gasteiger charge is 2.28. The van der Waals surface area contributed by atoms with E-state index >= 15 is 0 Å². The van der Waals surface area contributed by atoms with Crippen LogP contribution >= 0.6 is 31.9 Å². The molecule has 2 aromatic rings. The zero-order valence-corrected chi connectivity index (χ0v) is 16.4. The van der Waals surface area contributed by atoms with Gasteiger partial charge >= 0.3 is 0 Å². The first-order chi connectivity index (χ1) is 12.0. The number of benzene rings is 2. The maximum absolute atomic E-state index is 13.1. The second-order valence-electron chi connectivity index (χ2n) is 6.34. The summed E-state index contributed by atoms with van der Waals surface area (Å²) in [7, 11) is 0. The van der Waals surface area contributed by atoms with Crippen molar-refractivity contribution in [1.29, 1.82) is 0 Å². The molecule has 0 unspecified atom stereocenters. The third-order valence-corrected chi connectivity index (χ3v) is 5.76. The molecule has 0 amide bonds. The molecule has 0 radical (unpaired) electrons. The molecule has 0 spiro atoms. The Hall–Kier alpha value is -1.34. The second kappa shape index (κ2) is 6.76. The summed E-state index contributed by atoms with van der Waals surface area (Å²) < 4.78 is 33.9. The number of anilines is 2. The van der Waals surface area contributed by atoms with Crippen LogP contribution in [0.25, 0.3) is 0 Å². The highest BCUT2D eigenvalue weighted by Crippen LogP contribution is 2.39. The lowest BCUT2D eigenvalue weighted by Gasteiger charge is -2.37. The fourth-order valence-electron chi connectivity index (χ4n) is 2.92. The lowest BCUT2D eigenvalue weighted by Crippen LogP contribution is -2.48. The van der Waals surface area contributed by atoms with Gasteiger partial charge in [0.1, 0.15) is 23.8 Å². The number of hydrogen-bond donors (Lipinski definition) is 0. The first kappa shape index (κ1) is 17.1. The molecule has 25 heavy (non-hydrogen) atoms. The van der Waals surface area contributed by atoms with E-state index < -0.39 is 12.3 Å². The zero-order chi connectivity index (χ0) is 17.6. The summed E-state index contributed by atoms with van der Waals surface area (Å²) in [6.07, 6.45) is -1.51. The molecule has 2 aliphatic heterocycles. The molecule has 0 bridgehead atoms. The van der Waals surface area contributed by atoms with Gasteiger partial charge in [0.05, 0.1) is 35.1 Å². The van der Waals surface area contributed by atoms with Gasteiger partial charge in [-0.05, 0) is 56.1 Å². The van der Waals surface area contributed by atoms with Crippen LogP contribution in [0.5, 0.6) is 11.5 Å². The summed E-state index contributed by atoms with van der Waals surface area (Å²) in [6, 6.07) is 11.5. The standard InChI is InChI=1S/C18H16Br2F2N2O/c19-15-3-1-13(23-7-11(21)8-23)5-17(15)25-18-6-14(2-4-16(18)20)24-9-12(22)10-24/h1-6,11-12H,7-10H2. The van der Waals surface area contributed by atoms with Crippen molar-refractivity contribution in [1.82, 2.24) is 0 Å². The number of ether oxygens (including phenoxy) is 1. The Morgan fingerprint density at radius 3 is 1.52 bits per heavy atom. The van der Waals surface area contributed by atoms with E-state index in [4.69, 9.17) is 4.74 Å². The van der Waals surface area contributed by atoms with Gasteiger partial charge in [0.25, 0.3) is 0 Å². The SMILES string of the molecule is FC1CN(c2ccc(Br)c(Oc3cc(N4CC(F)C4)ccc3Br)c2)C1. The summed E-state index contributed by atoms with van der Waals surface area (Å²) in [5, 5.41) is 0. The Balaban J connectivity index is 1.57. The molecule has 3 nitrogen and oxygen atoms in total. The van der Waals surface area contributed by atoms with Crippen molar-refractivity contribution in [2.24, 2.45) is 0 Å². The first-order valence-electron chi connectivity index (χ1n) is 8.04. The monoisotopic (exact) mass is 472 g/mol. The molecule has 0 aromatic heterocycles. The fourth-order valence-corrected chi connectivity index (χ4v) is 3.58. The largest absolute Gasteiger partial charge is 0.455 e. The lowest BCUT2D eigenvalue weighted by molar-refractivity contribution is 0.274. The van der Waals surface area contributed by atoms with Gasteiger partial charge in [-0.2, -0.15) is 0 Å². The highest BCUT2D eigenvalue weighted by molar-refractivity contribution is 9.11. The Morgan fingerprint density at radius 2 is 1.16 bits per heavy atom. The third kappa shape index (κ3) is 3.49. The van der Waals surface area contributed by atoms with Crippen molar-refractivity contribution in [2.45, 2.75) is 12.3 Å². The molecule has 7 heteroatoms. The van der Waals surface area contributed by atoms with Crippen LogP contribution in [0.4, 0.5) is 20.2 Å². The molecular formula is C18H16Br2F2N2O. The minimum absolute atomic E-state index is 0.416.